The van der Waals surface area contributed by atoms with Crippen molar-refractivity contribution < 1.29 is 18.7 Å². The van der Waals surface area contributed by atoms with E-state index in [2.05, 4.69) is 0 Å². The van der Waals surface area contributed by atoms with Crippen molar-refractivity contribution in [2.24, 2.45) is 5.73 Å². The molecule has 0 saturated carbocycles. The highest BCUT2D eigenvalue weighted by Gasteiger charge is 2.28. The van der Waals surface area contributed by atoms with Crippen LogP contribution in [0.4, 0.5) is 4.39 Å². The van der Waals surface area contributed by atoms with Crippen LogP contribution in [0.5, 0.6) is 5.75 Å². The Morgan fingerprint density at radius 3 is 2.75 bits per heavy atom. The third kappa shape index (κ3) is 4.88. The lowest BCUT2D eigenvalue weighted by molar-refractivity contribution is -0.132. The Bertz CT molecular complexity index is 1130. The second-order valence-corrected chi connectivity index (χ2v) is 8.04. The van der Waals surface area contributed by atoms with Gasteiger partial charge in [0.05, 0.1) is 23.4 Å². The number of likely N-dealkylation sites (tertiary alicyclic amines) is 1. The van der Waals surface area contributed by atoms with E-state index in [0.29, 0.717) is 37.2 Å². The van der Waals surface area contributed by atoms with Crippen molar-refractivity contribution in [3.63, 3.8) is 0 Å². The first-order chi connectivity index (χ1) is 15.5. The zero-order chi connectivity index (χ0) is 22.5. The number of carbonyl (C=O) groups is 2. The maximum Gasteiger partial charge on any atom is 0.250 e. The summed E-state index contributed by atoms with van der Waals surface area (Å²) in [6.07, 6.45) is 2.48. The Labute approximate surface area is 186 Å². The minimum Gasteiger partial charge on any atom is -0.491 e. The van der Waals surface area contributed by atoms with E-state index in [1.807, 2.05) is 29.2 Å². The number of para-hydroxylation sites is 2. The van der Waals surface area contributed by atoms with E-state index >= 15 is 0 Å². The van der Waals surface area contributed by atoms with Crippen molar-refractivity contribution in [2.75, 3.05) is 19.7 Å². The lowest BCUT2D eigenvalue weighted by atomic mass is 9.90. The number of nitrogens with two attached hydrogens (primary N) is 1. The normalized spacial score (nSPS) is 16.2. The molecule has 6 nitrogen and oxygen atoms in total. The second-order valence-electron chi connectivity index (χ2n) is 8.04. The fraction of sp³-hybridized carbons (Fsp3) is 0.320. The molecule has 7 heteroatoms. The highest BCUT2D eigenvalue weighted by atomic mass is 19.1. The molecule has 1 atom stereocenters. The summed E-state index contributed by atoms with van der Waals surface area (Å²) in [6, 6.07) is 15.6. The highest BCUT2D eigenvalue weighted by molar-refractivity contribution is 5.97. The molecule has 2 aromatic carbocycles. The van der Waals surface area contributed by atoms with Crippen LogP contribution in [0, 0.1) is 5.82 Å². The molecule has 32 heavy (non-hydrogen) atoms. The monoisotopic (exact) mass is 435 g/mol. The fourth-order valence-electron chi connectivity index (χ4n) is 4.19. The second kappa shape index (κ2) is 9.77. The van der Waals surface area contributed by atoms with Gasteiger partial charge in [0.2, 0.25) is 5.91 Å². The zero-order valence-corrected chi connectivity index (χ0v) is 17.8. The molecule has 0 unspecified atom stereocenters. The highest BCUT2D eigenvalue weighted by Crippen LogP contribution is 2.30. The number of piperidine rings is 1. The van der Waals surface area contributed by atoms with Gasteiger partial charge in [-0.2, -0.15) is 0 Å². The molecule has 1 aromatic heterocycles. The Kier molecular flexibility index (Phi) is 6.63. The van der Waals surface area contributed by atoms with Gasteiger partial charge in [0.25, 0.3) is 5.91 Å². The van der Waals surface area contributed by atoms with Crippen molar-refractivity contribution in [3.8, 4) is 5.75 Å². The van der Waals surface area contributed by atoms with Gasteiger partial charge in [-0.05, 0) is 43.5 Å². The van der Waals surface area contributed by atoms with Crippen molar-refractivity contribution in [1.29, 1.82) is 0 Å². The van der Waals surface area contributed by atoms with Crippen LogP contribution >= 0.6 is 0 Å². The van der Waals surface area contributed by atoms with Gasteiger partial charge >= 0.3 is 0 Å². The van der Waals surface area contributed by atoms with Gasteiger partial charge in [-0.25, -0.2) is 4.39 Å². The van der Waals surface area contributed by atoms with Crippen molar-refractivity contribution in [3.05, 3.63) is 71.7 Å². The standard InChI is InChI=1S/C25H26FN3O3/c26-20-9-2-4-11-22(20)32-14-6-12-23(30)29-13-5-8-18(16-29)24-19(25(27)31)15-17-7-1-3-10-21(17)28-24/h1-4,7,9-11,15,18H,5-6,8,12-14,16H2,(H2,27,31)/t18-/m0/s1. The van der Waals surface area contributed by atoms with Gasteiger partial charge in [-0.15, -0.1) is 0 Å². The minimum atomic E-state index is -0.507. The van der Waals surface area contributed by atoms with Crippen LogP contribution < -0.4 is 10.5 Å². The number of primary amides is 1. The molecular formula is C25H26FN3O3. The number of hydrogen-bond donors (Lipinski definition) is 1. The number of fused-ring (bicyclic) bond motifs is 1. The first-order valence-electron chi connectivity index (χ1n) is 10.9. The van der Waals surface area contributed by atoms with Crippen molar-refractivity contribution >= 4 is 22.7 Å². The summed E-state index contributed by atoms with van der Waals surface area (Å²) in [6.45, 7) is 1.43. The van der Waals surface area contributed by atoms with E-state index in [9.17, 15) is 14.0 Å². The van der Waals surface area contributed by atoms with Crippen LogP contribution in [0.15, 0.2) is 54.6 Å². The fourth-order valence-corrected chi connectivity index (χ4v) is 4.19. The topological polar surface area (TPSA) is 85.5 Å². The average molecular weight is 435 g/mol. The predicted octanol–water partition coefficient (Wildman–Crippen LogP) is 4.04. The molecule has 0 bridgehead atoms. The molecule has 0 radical (unpaired) electrons. The number of benzene rings is 2. The van der Waals surface area contributed by atoms with Gasteiger partial charge in [-0.1, -0.05) is 30.3 Å². The zero-order valence-electron chi connectivity index (χ0n) is 17.8. The molecule has 1 saturated heterocycles. The van der Waals surface area contributed by atoms with Gasteiger partial charge in [0, 0.05) is 30.8 Å². The Hall–Kier alpha value is -3.48. The lowest BCUT2D eigenvalue weighted by Crippen LogP contribution is -2.39. The Morgan fingerprint density at radius 2 is 1.94 bits per heavy atom. The van der Waals surface area contributed by atoms with E-state index in [0.717, 1.165) is 23.7 Å². The van der Waals surface area contributed by atoms with Crippen molar-refractivity contribution in [2.45, 2.75) is 31.6 Å². The number of hydrogen-bond acceptors (Lipinski definition) is 4. The summed E-state index contributed by atoms with van der Waals surface area (Å²) in [4.78, 5) is 31.4. The van der Waals surface area contributed by atoms with Gasteiger partial charge in [-0.3, -0.25) is 14.6 Å². The first-order valence-corrected chi connectivity index (χ1v) is 10.9. The molecule has 3 aromatic rings. The molecule has 1 aliphatic heterocycles. The molecule has 4 rings (SSSR count). The van der Waals surface area contributed by atoms with Crippen LogP contribution in [0.25, 0.3) is 10.9 Å². The molecule has 1 aliphatic rings. The number of carbonyl (C=O) groups excluding carboxylic acids is 2. The van der Waals surface area contributed by atoms with E-state index < -0.39 is 11.7 Å². The van der Waals surface area contributed by atoms with Crippen LogP contribution in [-0.4, -0.2) is 41.4 Å². The summed E-state index contributed by atoms with van der Waals surface area (Å²) in [7, 11) is 0. The number of aromatic nitrogens is 1. The van der Waals surface area contributed by atoms with Crippen LogP contribution in [0.3, 0.4) is 0 Å². The van der Waals surface area contributed by atoms with Gasteiger partial charge in [0.15, 0.2) is 11.6 Å². The molecule has 166 valence electrons. The summed E-state index contributed by atoms with van der Waals surface area (Å²) in [5.74, 6) is -0.750. The smallest absolute Gasteiger partial charge is 0.250 e. The van der Waals surface area contributed by atoms with E-state index in [-0.39, 0.29) is 24.2 Å². The number of pyridine rings is 1. The molecule has 2 N–H and O–H groups in total. The summed E-state index contributed by atoms with van der Waals surface area (Å²) in [5.41, 5.74) is 7.53. The molecule has 2 amide bonds. The van der Waals surface area contributed by atoms with E-state index in [1.54, 1.807) is 24.3 Å². The molecule has 0 aliphatic carbocycles. The maximum atomic E-state index is 13.6. The minimum absolute atomic E-state index is 0.0215. The third-order valence-corrected chi connectivity index (χ3v) is 5.81. The quantitative estimate of drug-likeness (QED) is 0.568. The van der Waals surface area contributed by atoms with Crippen LogP contribution in [0.2, 0.25) is 0 Å². The predicted molar refractivity (Wildman–Crippen MR) is 120 cm³/mol. The number of rotatable bonds is 7. The van der Waals surface area contributed by atoms with Crippen LogP contribution in [-0.2, 0) is 4.79 Å². The number of ether oxygens (including phenoxy) is 1. The van der Waals surface area contributed by atoms with E-state index in [4.69, 9.17) is 15.5 Å². The average Bonchev–Trinajstić information content (AvgIpc) is 2.82. The summed E-state index contributed by atoms with van der Waals surface area (Å²) in [5, 5.41) is 0.864. The summed E-state index contributed by atoms with van der Waals surface area (Å²) < 4.78 is 19.1. The van der Waals surface area contributed by atoms with Gasteiger partial charge < -0.3 is 15.4 Å². The maximum absolute atomic E-state index is 13.6. The van der Waals surface area contributed by atoms with Gasteiger partial charge in [0.1, 0.15) is 0 Å². The molecule has 2 heterocycles. The largest absolute Gasteiger partial charge is 0.491 e. The number of nitrogens with zero attached hydrogens (tertiary/aromatic N) is 2. The molecule has 0 spiro atoms. The third-order valence-electron chi connectivity index (χ3n) is 5.81. The SMILES string of the molecule is NC(=O)c1cc2ccccc2nc1[C@H]1CCCN(C(=O)CCCOc2ccccc2F)C1. The van der Waals surface area contributed by atoms with Crippen molar-refractivity contribution in [1.82, 2.24) is 9.88 Å². The van der Waals surface area contributed by atoms with E-state index in [1.165, 1.54) is 6.07 Å². The number of halogens is 1. The summed E-state index contributed by atoms with van der Waals surface area (Å²) >= 11 is 0. The molecular weight excluding hydrogens is 409 g/mol. The Balaban J connectivity index is 1.40. The Morgan fingerprint density at radius 1 is 1.16 bits per heavy atom. The first kappa shape index (κ1) is 21.7. The van der Waals surface area contributed by atoms with Crippen LogP contribution in [0.1, 0.15) is 47.7 Å². The number of amides is 2. The molecule has 1 fully saturated rings. The lowest BCUT2D eigenvalue weighted by Gasteiger charge is -2.33.